The molecule has 0 aliphatic carbocycles. The molecule has 0 unspecified atom stereocenters. The second-order valence-electron chi connectivity index (χ2n) is 1.20. The fourth-order valence-corrected chi connectivity index (χ4v) is 0.246. The van der Waals surface area contributed by atoms with Gasteiger partial charge in [-0.05, 0) is 19.3 Å². The van der Waals surface area contributed by atoms with Crippen molar-refractivity contribution in [2.24, 2.45) is 0 Å². The van der Waals surface area contributed by atoms with E-state index in [4.69, 9.17) is 0 Å². The maximum Gasteiger partial charge on any atom is -0.0280 e. The van der Waals surface area contributed by atoms with Gasteiger partial charge in [0, 0.05) is 0 Å². The van der Waals surface area contributed by atoms with E-state index in [2.05, 4.69) is 19.1 Å². The molecule has 0 saturated heterocycles. The maximum absolute atomic E-state index is 3.45. The number of unbranched alkanes of at least 4 members (excludes halogenated alkanes) is 2. The van der Waals surface area contributed by atoms with Crippen molar-refractivity contribution in [2.45, 2.75) is 19.8 Å². The fraction of sp³-hybridized carbons (Fsp3) is 0.500. The molecule has 0 atom stereocenters. The van der Waals surface area contributed by atoms with Crippen molar-refractivity contribution in [3.63, 3.8) is 0 Å². The molecule has 0 saturated carbocycles. The van der Waals surface area contributed by atoms with Crippen molar-refractivity contribution in [2.75, 3.05) is 0 Å². The largest absolute Gasteiger partial charge is 0.0956 e. The minimum absolute atomic E-state index is 0.997. The van der Waals surface area contributed by atoms with Gasteiger partial charge in [-0.1, -0.05) is 19.6 Å². The van der Waals surface area contributed by atoms with Crippen LogP contribution in [0.3, 0.4) is 0 Å². The van der Waals surface area contributed by atoms with Crippen LogP contribution in [0.2, 0.25) is 0 Å². The summed E-state index contributed by atoms with van der Waals surface area (Å²) in [4.78, 5) is 0. The molecule has 0 aromatic rings. The van der Waals surface area contributed by atoms with Crippen LogP contribution in [0.5, 0.6) is 0 Å². The molecule has 34 valence electrons. The topological polar surface area (TPSA) is 0 Å². The summed E-state index contributed by atoms with van der Waals surface area (Å²) in [5.41, 5.74) is 0. The molecule has 2 radical (unpaired) electrons. The third-order valence-electron chi connectivity index (χ3n) is 0.610. The summed E-state index contributed by atoms with van der Waals surface area (Å²) >= 11 is 0. The van der Waals surface area contributed by atoms with E-state index in [1.54, 1.807) is 0 Å². The SMILES string of the molecule is C=[C]CC[CH]C. The summed E-state index contributed by atoms with van der Waals surface area (Å²) in [6, 6.07) is 0. The number of rotatable bonds is 3. The van der Waals surface area contributed by atoms with E-state index in [-0.39, 0.29) is 0 Å². The highest BCUT2D eigenvalue weighted by Crippen LogP contribution is 1.89. The Bertz CT molecular complexity index is 29.0. The van der Waals surface area contributed by atoms with Crippen molar-refractivity contribution >= 4 is 0 Å². The molecular weight excluding hydrogens is 72.1 g/mol. The Labute approximate surface area is 39.9 Å². The molecule has 0 aliphatic heterocycles. The average Bonchev–Trinajstić information content (AvgIpc) is 1.61. The molecule has 0 aromatic heterocycles. The molecule has 6 heavy (non-hydrogen) atoms. The highest BCUT2D eigenvalue weighted by molar-refractivity contribution is 4.61. The molecule has 0 nitrogen and oxygen atoms in total. The van der Waals surface area contributed by atoms with Gasteiger partial charge in [0.1, 0.15) is 0 Å². The van der Waals surface area contributed by atoms with E-state index in [1.165, 1.54) is 0 Å². The predicted molar refractivity (Wildman–Crippen MR) is 28.1 cm³/mol. The van der Waals surface area contributed by atoms with Gasteiger partial charge in [-0.15, -0.1) is 0 Å². The molecule has 0 spiro atoms. The van der Waals surface area contributed by atoms with Crippen molar-refractivity contribution in [3.8, 4) is 0 Å². The first-order valence-electron chi connectivity index (χ1n) is 2.19. The van der Waals surface area contributed by atoms with E-state index >= 15 is 0 Å². The summed E-state index contributed by atoms with van der Waals surface area (Å²) in [5.74, 6) is 0. The van der Waals surface area contributed by atoms with E-state index in [1.807, 2.05) is 6.92 Å². The van der Waals surface area contributed by atoms with Crippen LogP contribution >= 0.6 is 0 Å². The predicted octanol–water partition coefficient (Wildman–Crippen LogP) is 1.98. The summed E-state index contributed by atoms with van der Waals surface area (Å²) < 4.78 is 0. The Morgan fingerprint density at radius 2 is 2.50 bits per heavy atom. The zero-order valence-corrected chi connectivity index (χ0v) is 4.20. The number of hydrogen-bond donors (Lipinski definition) is 0. The minimum atomic E-state index is 0.997. The maximum atomic E-state index is 3.45. The van der Waals surface area contributed by atoms with E-state index in [0.717, 1.165) is 12.8 Å². The Balaban J connectivity index is 2.49. The minimum Gasteiger partial charge on any atom is -0.0956 e. The van der Waals surface area contributed by atoms with Gasteiger partial charge < -0.3 is 0 Å². The van der Waals surface area contributed by atoms with Crippen LogP contribution < -0.4 is 0 Å². The van der Waals surface area contributed by atoms with Crippen molar-refractivity contribution in [3.05, 3.63) is 19.1 Å². The molecule has 0 heterocycles. The van der Waals surface area contributed by atoms with Gasteiger partial charge in [-0.3, -0.25) is 0 Å². The average molecular weight is 82.1 g/mol. The molecule has 0 N–H and O–H groups in total. The van der Waals surface area contributed by atoms with E-state index in [9.17, 15) is 0 Å². The highest BCUT2D eigenvalue weighted by atomic mass is 13.8. The van der Waals surface area contributed by atoms with Crippen LogP contribution in [0.15, 0.2) is 6.58 Å². The molecule has 0 fully saturated rings. The lowest BCUT2D eigenvalue weighted by molar-refractivity contribution is 0.957. The quantitative estimate of drug-likeness (QED) is 0.457. The molecule has 0 rings (SSSR count). The van der Waals surface area contributed by atoms with Crippen molar-refractivity contribution in [1.29, 1.82) is 0 Å². The highest BCUT2D eigenvalue weighted by Gasteiger charge is 1.72. The van der Waals surface area contributed by atoms with Crippen LogP contribution in [0.1, 0.15) is 19.8 Å². The van der Waals surface area contributed by atoms with Crippen LogP contribution in [-0.2, 0) is 0 Å². The zero-order chi connectivity index (χ0) is 4.83. The van der Waals surface area contributed by atoms with Gasteiger partial charge in [0.15, 0.2) is 0 Å². The lowest BCUT2D eigenvalue weighted by Gasteiger charge is -1.80. The van der Waals surface area contributed by atoms with Gasteiger partial charge >= 0.3 is 0 Å². The van der Waals surface area contributed by atoms with Crippen molar-refractivity contribution in [1.82, 2.24) is 0 Å². The second-order valence-corrected chi connectivity index (χ2v) is 1.20. The summed E-state index contributed by atoms with van der Waals surface area (Å²) in [7, 11) is 0. The first-order chi connectivity index (χ1) is 2.91. The molecular formula is C6H10. The van der Waals surface area contributed by atoms with E-state index < -0.39 is 0 Å². The Morgan fingerprint density at radius 3 is 2.67 bits per heavy atom. The third kappa shape index (κ3) is 3.74. The Kier molecular flexibility index (Phi) is 4.53. The first kappa shape index (κ1) is 5.74. The monoisotopic (exact) mass is 82.1 g/mol. The van der Waals surface area contributed by atoms with Crippen LogP contribution in [0, 0.1) is 12.5 Å². The fourth-order valence-electron chi connectivity index (χ4n) is 0.246. The lowest BCUT2D eigenvalue weighted by Crippen LogP contribution is -1.64. The van der Waals surface area contributed by atoms with Crippen LogP contribution in [0.25, 0.3) is 0 Å². The number of allylic oxidation sites excluding steroid dienone is 1. The van der Waals surface area contributed by atoms with Gasteiger partial charge in [-0.2, -0.15) is 0 Å². The van der Waals surface area contributed by atoms with Crippen molar-refractivity contribution < 1.29 is 0 Å². The standard InChI is InChI=1S/C6H10/c1-3-5-6-4-2/h4H,1,5-6H2,2H3. The molecule has 0 bridgehead atoms. The Morgan fingerprint density at radius 1 is 1.83 bits per heavy atom. The van der Waals surface area contributed by atoms with Gasteiger partial charge in [0.2, 0.25) is 0 Å². The van der Waals surface area contributed by atoms with Crippen LogP contribution in [0.4, 0.5) is 0 Å². The lowest BCUT2D eigenvalue weighted by atomic mass is 10.3. The molecule has 0 amide bonds. The normalized spacial score (nSPS) is 8.17. The molecule has 0 aliphatic rings. The van der Waals surface area contributed by atoms with Gasteiger partial charge in [0.05, 0.1) is 0 Å². The summed E-state index contributed by atoms with van der Waals surface area (Å²) in [6.45, 7) is 5.49. The second kappa shape index (κ2) is 4.74. The first-order valence-corrected chi connectivity index (χ1v) is 2.19. The zero-order valence-electron chi connectivity index (χ0n) is 4.20. The number of hydrogen-bond acceptors (Lipinski definition) is 0. The third-order valence-corrected chi connectivity index (χ3v) is 0.610. The van der Waals surface area contributed by atoms with Crippen LogP contribution in [-0.4, -0.2) is 0 Å². The summed E-state index contributed by atoms with van der Waals surface area (Å²) in [6.07, 6.45) is 7.01. The molecule has 0 heteroatoms. The van der Waals surface area contributed by atoms with Gasteiger partial charge in [-0.25, -0.2) is 0 Å². The smallest absolute Gasteiger partial charge is 0.0280 e. The molecule has 0 aromatic carbocycles. The van der Waals surface area contributed by atoms with E-state index in [0.29, 0.717) is 0 Å². The van der Waals surface area contributed by atoms with Gasteiger partial charge in [0.25, 0.3) is 0 Å². The summed E-state index contributed by atoms with van der Waals surface area (Å²) in [5, 5.41) is 0. The Hall–Kier alpha value is -0.260.